The Hall–Kier alpha value is -2.66. The molecule has 0 radical (unpaired) electrons. The number of nitrogens with zero attached hydrogens (tertiary/aromatic N) is 1. The van der Waals surface area contributed by atoms with E-state index in [1.54, 1.807) is 7.11 Å². The van der Waals surface area contributed by atoms with Gasteiger partial charge in [-0.3, -0.25) is 9.69 Å². The third kappa shape index (κ3) is 3.70. The van der Waals surface area contributed by atoms with Crippen molar-refractivity contribution in [2.75, 3.05) is 7.11 Å². The predicted molar refractivity (Wildman–Crippen MR) is 135 cm³/mol. The first-order valence-corrected chi connectivity index (χ1v) is 13.3. The highest BCUT2D eigenvalue weighted by atomic mass is 16.5. The van der Waals surface area contributed by atoms with Crippen molar-refractivity contribution in [2.45, 2.75) is 82.9 Å². The van der Waals surface area contributed by atoms with Gasteiger partial charge in [0.25, 0.3) is 5.91 Å². The van der Waals surface area contributed by atoms with Crippen LogP contribution in [0.15, 0.2) is 42.5 Å². The fraction of sp³-hybridized carbons (Fsp3) is 0.533. The number of benzene rings is 2. The van der Waals surface area contributed by atoms with Crippen LogP contribution >= 0.6 is 0 Å². The summed E-state index contributed by atoms with van der Waals surface area (Å²) < 4.78 is 5.68. The molecule has 1 N–H and O–H groups in total. The highest BCUT2D eigenvalue weighted by Gasteiger charge is 2.68. The van der Waals surface area contributed by atoms with Crippen LogP contribution in [-0.2, 0) is 34.5 Å². The van der Waals surface area contributed by atoms with Gasteiger partial charge in [-0.1, -0.05) is 60.9 Å². The van der Waals surface area contributed by atoms with Gasteiger partial charge in [0.05, 0.1) is 12.6 Å². The molecule has 35 heavy (non-hydrogen) atoms. The molecule has 184 valence electrons. The largest absolute Gasteiger partial charge is 0.381 e. The molecule has 1 aliphatic heterocycles. The van der Waals surface area contributed by atoms with E-state index in [0.717, 1.165) is 61.1 Å². The molecule has 1 unspecified atom stereocenters. The van der Waals surface area contributed by atoms with Crippen LogP contribution in [0.1, 0.15) is 72.8 Å². The second kappa shape index (κ2) is 8.48. The normalized spacial score (nSPS) is 29.8. The maximum absolute atomic E-state index is 14.4. The summed E-state index contributed by atoms with van der Waals surface area (Å²) in [6, 6.07) is 14.6. The van der Waals surface area contributed by atoms with Crippen molar-refractivity contribution in [1.82, 2.24) is 10.2 Å². The molecule has 3 aliphatic carbocycles. The second-order valence-electron chi connectivity index (χ2n) is 11.4. The fourth-order valence-corrected chi connectivity index (χ4v) is 7.03. The molecule has 2 aromatic rings. The molecule has 2 aromatic carbocycles. The molecular formula is C30H36N2O3. The Morgan fingerprint density at radius 1 is 1.03 bits per heavy atom. The van der Waals surface area contributed by atoms with Crippen molar-refractivity contribution in [3.63, 3.8) is 0 Å². The van der Waals surface area contributed by atoms with Crippen LogP contribution in [0.25, 0.3) is 0 Å². The molecule has 4 aliphatic rings. The molecule has 6 rings (SSSR count). The molecule has 3 amide bonds. The van der Waals surface area contributed by atoms with Crippen molar-refractivity contribution < 1.29 is 14.3 Å². The first kappa shape index (κ1) is 22.8. The lowest BCUT2D eigenvalue weighted by Crippen LogP contribution is -2.56. The summed E-state index contributed by atoms with van der Waals surface area (Å²) in [5, 5.41) is 3.31. The SMILES string of the molecule is COC1CCC2(CC1)Cc1ccc(CCC3CC3)cc1C21NC(=O)N(Cc2cccc(C)c2)C1=O. The number of ether oxygens (including phenoxy) is 1. The van der Waals surface area contributed by atoms with Gasteiger partial charge in [0.15, 0.2) is 5.54 Å². The number of rotatable bonds is 6. The van der Waals surface area contributed by atoms with Gasteiger partial charge in [0.2, 0.25) is 0 Å². The van der Waals surface area contributed by atoms with Crippen molar-refractivity contribution >= 4 is 11.9 Å². The quantitative estimate of drug-likeness (QED) is 0.572. The summed E-state index contributed by atoms with van der Waals surface area (Å²) in [6.07, 6.45) is 9.61. The van der Waals surface area contributed by atoms with E-state index in [-0.39, 0.29) is 23.5 Å². The predicted octanol–water partition coefficient (Wildman–Crippen LogP) is 5.42. The zero-order valence-corrected chi connectivity index (χ0v) is 20.9. The Morgan fingerprint density at radius 3 is 2.54 bits per heavy atom. The monoisotopic (exact) mass is 472 g/mol. The second-order valence-corrected chi connectivity index (χ2v) is 11.4. The van der Waals surface area contributed by atoms with E-state index in [4.69, 9.17) is 4.74 Å². The van der Waals surface area contributed by atoms with E-state index in [0.29, 0.717) is 6.54 Å². The van der Waals surface area contributed by atoms with Crippen LogP contribution in [0, 0.1) is 18.3 Å². The molecule has 1 saturated heterocycles. The number of carbonyl (C=O) groups is 2. The number of imide groups is 1. The summed E-state index contributed by atoms with van der Waals surface area (Å²) in [5.41, 5.74) is 4.40. The van der Waals surface area contributed by atoms with Gasteiger partial charge < -0.3 is 10.1 Å². The molecule has 3 fully saturated rings. The number of aryl methyl sites for hydroxylation is 2. The number of carbonyl (C=O) groups excluding carboxylic acids is 2. The van der Waals surface area contributed by atoms with Crippen LogP contribution in [0.5, 0.6) is 0 Å². The lowest BCUT2D eigenvalue weighted by atomic mass is 9.61. The van der Waals surface area contributed by atoms with E-state index in [9.17, 15) is 9.59 Å². The minimum atomic E-state index is -0.975. The summed E-state index contributed by atoms with van der Waals surface area (Å²) in [6.45, 7) is 2.35. The molecule has 5 nitrogen and oxygen atoms in total. The Balaban J connectivity index is 1.39. The fourth-order valence-electron chi connectivity index (χ4n) is 7.03. The maximum atomic E-state index is 14.4. The Bertz CT molecular complexity index is 1160. The maximum Gasteiger partial charge on any atom is 0.325 e. The highest BCUT2D eigenvalue weighted by molar-refractivity contribution is 6.08. The van der Waals surface area contributed by atoms with Crippen molar-refractivity contribution in [3.8, 4) is 0 Å². The molecule has 0 bridgehead atoms. The van der Waals surface area contributed by atoms with Crippen LogP contribution in [0.2, 0.25) is 0 Å². The first-order valence-electron chi connectivity index (χ1n) is 13.3. The minimum Gasteiger partial charge on any atom is -0.381 e. The van der Waals surface area contributed by atoms with Crippen LogP contribution in [0.3, 0.4) is 0 Å². The summed E-state index contributed by atoms with van der Waals surface area (Å²) in [7, 11) is 1.78. The highest BCUT2D eigenvalue weighted by Crippen LogP contribution is 2.60. The van der Waals surface area contributed by atoms with E-state index in [2.05, 4.69) is 29.6 Å². The van der Waals surface area contributed by atoms with Gasteiger partial charge in [-0.05, 0) is 80.0 Å². The van der Waals surface area contributed by atoms with Crippen LogP contribution < -0.4 is 5.32 Å². The molecule has 0 aromatic heterocycles. The Kier molecular flexibility index (Phi) is 5.52. The molecule has 2 spiro atoms. The molecule has 5 heteroatoms. The van der Waals surface area contributed by atoms with Gasteiger partial charge in [-0.2, -0.15) is 0 Å². The first-order chi connectivity index (χ1) is 16.9. The van der Waals surface area contributed by atoms with Crippen LogP contribution in [0.4, 0.5) is 4.79 Å². The number of urea groups is 1. The summed E-state index contributed by atoms with van der Waals surface area (Å²) in [4.78, 5) is 29.3. The number of hydrogen-bond donors (Lipinski definition) is 1. The zero-order valence-electron chi connectivity index (χ0n) is 20.9. The lowest BCUT2D eigenvalue weighted by Gasteiger charge is -2.46. The number of fused-ring (bicyclic) bond motifs is 3. The third-order valence-electron chi connectivity index (χ3n) is 9.19. The lowest BCUT2D eigenvalue weighted by molar-refractivity contribution is -0.139. The van der Waals surface area contributed by atoms with Crippen molar-refractivity contribution in [1.29, 1.82) is 0 Å². The van der Waals surface area contributed by atoms with Gasteiger partial charge in [0, 0.05) is 12.5 Å². The van der Waals surface area contributed by atoms with Crippen molar-refractivity contribution in [2.24, 2.45) is 11.3 Å². The molecule has 2 saturated carbocycles. The number of amides is 3. The van der Waals surface area contributed by atoms with E-state index in [1.807, 2.05) is 25.1 Å². The topological polar surface area (TPSA) is 58.6 Å². The summed E-state index contributed by atoms with van der Waals surface area (Å²) >= 11 is 0. The molecule has 1 atom stereocenters. The summed E-state index contributed by atoms with van der Waals surface area (Å²) in [5.74, 6) is 0.795. The molecule has 1 heterocycles. The number of methoxy groups -OCH3 is 1. The molecular weight excluding hydrogens is 436 g/mol. The minimum absolute atomic E-state index is 0.0713. The van der Waals surface area contributed by atoms with Gasteiger partial charge in [0.1, 0.15) is 0 Å². The smallest absolute Gasteiger partial charge is 0.325 e. The average Bonchev–Trinajstić information content (AvgIpc) is 3.61. The Labute approximate surface area is 208 Å². The Morgan fingerprint density at radius 2 is 1.83 bits per heavy atom. The number of hydrogen-bond acceptors (Lipinski definition) is 3. The van der Waals surface area contributed by atoms with Crippen molar-refractivity contribution in [3.05, 3.63) is 70.3 Å². The standard InChI is InChI=1S/C30H36N2O3/c1-20-4-3-5-23(16-20)19-32-27(33)30(31-28(32)34)26-17-22(9-8-21-6-7-21)10-11-24(26)18-29(30)14-12-25(35-2)13-15-29/h3-5,10-11,16-17,21,25H,6-9,12-15,18-19H2,1-2H3,(H,31,34). The van der Waals surface area contributed by atoms with E-state index >= 15 is 0 Å². The zero-order chi connectivity index (χ0) is 24.2. The van der Waals surface area contributed by atoms with E-state index < -0.39 is 5.54 Å². The van der Waals surface area contributed by atoms with E-state index in [1.165, 1.54) is 35.3 Å². The van der Waals surface area contributed by atoms with Gasteiger partial charge >= 0.3 is 6.03 Å². The number of nitrogens with one attached hydrogen (secondary N) is 1. The average molecular weight is 473 g/mol. The van der Waals surface area contributed by atoms with Crippen LogP contribution in [-0.4, -0.2) is 30.1 Å². The van der Waals surface area contributed by atoms with Gasteiger partial charge in [-0.15, -0.1) is 0 Å². The third-order valence-corrected chi connectivity index (χ3v) is 9.19. The van der Waals surface area contributed by atoms with Gasteiger partial charge in [-0.25, -0.2) is 4.79 Å².